The Morgan fingerprint density at radius 1 is 0.964 bits per heavy atom. The molecule has 3 aromatic carbocycles. The molecule has 0 fully saturated rings. The minimum atomic E-state index is -0.619. The largest absolute Gasteiger partial charge is 0.481 e. The molecule has 0 aliphatic carbocycles. The van der Waals surface area contributed by atoms with Crippen molar-refractivity contribution in [3.05, 3.63) is 71.3 Å². The molecule has 1 atom stereocenters. The summed E-state index contributed by atoms with van der Waals surface area (Å²) in [6.45, 7) is 7.82. The predicted molar refractivity (Wildman–Crippen MR) is 113 cm³/mol. The van der Waals surface area contributed by atoms with E-state index in [1.54, 1.807) is 6.92 Å². The molecule has 1 N–H and O–H groups in total. The van der Waals surface area contributed by atoms with Crippen LogP contribution in [0, 0.1) is 20.8 Å². The standard InChI is InChI=1S/C24H23NO3/c1-14-11-15(2)16(3)22(12-14)27-17(4)24(26)25-18-9-10-20-19-7-5-6-8-21(19)28-23(20)13-18/h5-13,17H,1-4H3,(H,25,26)/t17-/m1/s1. The Bertz CT molecular complexity index is 1190. The highest BCUT2D eigenvalue weighted by Crippen LogP contribution is 2.30. The molecule has 1 heterocycles. The van der Waals surface area contributed by atoms with Gasteiger partial charge in [-0.05, 0) is 68.7 Å². The molecular weight excluding hydrogens is 350 g/mol. The number of fused-ring (bicyclic) bond motifs is 3. The highest BCUT2D eigenvalue weighted by atomic mass is 16.5. The van der Waals surface area contributed by atoms with Crippen LogP contribution in [-0.2, 0) is 4.79 Å². The lowest BCUT2D eigenvalue weighted by atomic mass is 10.1. The van der Waals surface area contributed by atoms with E-state index in [1.807, 2.05) is 69.3 Å². The number of nitrogens with one attached hydrogen (secondary N) is 1. The molecule has 0 saturated carbocycles. The summed E-state index contributed by atoms with van der Waals surface area (Å²) in [5.74, 6) is 0.543. The molecule has 0 spiro atoms. The second-order valence-electron chi connectivity index (χ2n) is 7.26. The van der Waals surface area contributed by atoms with E-state index < -0.39 is 6.10 Å². The number of aryl methyl sites for hydroxylation is 2. The van der Waals surface area contributed by atoms with Gasteiger partial charge in [-0.1, -0.05) is 24.3 Å². The maximum atomic E-state index is 12.6. The smallest absolute Gasteiger partial charge is 0.265 e. The molecule has 4 nitrogen and oxygen atoms in total. The van der Waals surface area contributed by atoms with Gasteiger partial charge in [0.2, 0.25) is 0 Å². The molecule has 4 heteroatoms. The molecule has 0 saturated heterocycles. The lowest BCUT2D eigenvalue weighted by Gasteiger charge is -2.18. The molecule has 4 aromatic rings. The second-order valence-corrected chi connectivity index (χ2v) is 7.26. The van der Waals surface area contributed by atoms with Gasteiger partial charge in [0.1, 0.15) is 16.9 Å². The molecule has 28 heavy (non-hydrogen) atoms. The highest BCUT2D eigenvalue weighted by molar-refractivity contribution is 6.06. The Balaban J connectivity index is 1.53. The Morgan fingerprint density at radius 2 is 1.71 bits per heavy atom. The van der Waals surface area contributed by atoms with Crippen molar-refractivity contribution < 1.29 is 13.9 Å². The molecular formula is C24H23NO3. The number of hydrogen-bond acceptors (Lipinski definition) is 3. The van der Waals surface area contributed by atoms with E-state index in [4.69, 9.17) is 9.15 Å². The third-order valence-electron chi connectivity index (χ3n) is 5.08. The first-order valence-corrected chi connectivity index (χ1v) is 9.39. The van der Waals surface area contributed by atoms with Crippen molar-refractivity contribution in [1.29, 1.82) is 0 Å². The lowest BCUT2D eigenvalue weighted by molar-refractivity contribution is -0.122. The summed E-state index contributed by atoms with van der Waals surface area (Å²) >= 11 is 0. The van der Waals surface area contributed by atoms with Gasteiger partial charge in [-0.2, -0.15) is 0 Å². The summed E-state index contributed by atoms with van der Waals surface area (Å²) in [5.41, 5.74) is 5.58. The van der Waals surface area contributed by atoms with Crippen LogP contribution >= 0.6 is 0 Å². The van der Waals surface area contributed by atoms with Gasteiger partial charge < -0.3 is 14.5 Å². The van der Waals surface area contributed by atoms with Crippen LogP contribution in [0.4, 0.5) is 5.69 Å². The van der Waals surface area contributed by atoms with Crippen LogP contribution in [0.5, 0.6) is 5.75 Å². The number of carbonyl (C=O) groups excluding carboxylic acids is 1. The predicted octanol–water partition coefficient (Wildman–Crippen LogP) is 5.92. The van der Waals surface area contributed by atoms with Gasteiger partial charge in [0.25, 0.3) is 5.91 Å². The van der Waals surface area contributed by atoms with Crippen LogP contribution in [0.1, 0.15) is 23.6 Å². The van der Waals surface area contributed by atoms with Crippen LogP contribution in [-0.4, -0.2) is 12.0 Å². The minimum absolute atomic E-state index is 0.200. The van der Waals surface area contributed by atoms with E-state index in [9.17, 15) is 4.79 Å². The average molecular weight is 373 g/mol. The number of ether oxygens (including phenoxy) is 1. The number of hydrogen-bond donors (Lipinski definition) is 1. The summed E-state index contributed by atoms with van der Waals surface area (Å²) in [6.07, 6.45) is -0.619. The van der Waals surface area contributed by atoms with Gasteiger partial charge in [-0.15, -0.1) is 0 Å². The number of carbonyl (C=O) groups is 1. The van der Waals surface area contributed by atoms with Crippen molar-refractivity contribution in [3.8, 4) is 5.75 Å². The van der Waals surface area contributed by atoms with Gasteiger partial charge in [-0.3, -0.25) is 4.79 Å². The van der Waals surface area contributed by atoms with E-state index >= 15 is 0 Å². The number of anilines is 1. The van der Waals surface area contributed by atoms with Crippen LogP contribution in [0.2, 0.25) is 0 Å². The van der Waals surface area contributed by atoms with Gasteiger partial charge in [0, 0.05) is 22.5 Å². The van der Waals surface area contributed by atoms with Crippen LogP contribution in [0.15, 0.2) is 59.0 Å². The van der Waals surface area contributed by atoms with Gasteiger partial charge >= 0.3 is 0 Å². The molecule has 0 aliphatic rings. The van der Waals surface area contributed by atoms with E-state index in [2.05, 4.69) is 11.4 Å². The first-order valence-electron chi connectivity index (χ1n) is 9.39. The van der Waals surface area contributed by atoms with Crippen LogP contribution < -0.4 is 10.1 Å². The number of furan rings is 1. The normalized spacial score (nSPS) is 12.3. The van der Waals surface area contributed by atoms with E-state index in [1.165, 1.54) is 0 Å². The van der Waals surface area contributed by atoms with Crippen LogP contribution in [0.25, 0.3) is 21.9 Å². The van der Waals surface area contributed by atoms with Crippen LogP contribution in [0.3, 0.4) is 0 Å². The Hall–Kier alpha value is -3.27. The third-order valence-corrected chi connectivity index (χ3v) is 5.08. The number of rotatable bonds is 4. The fraction of sp³-hybridized carbons (Fsp3) is 0.208. The summed E-state index contributed by atoms with van der Waals surface area (Å²) in [7, 11) is 0. The van der Waals surface area contributed by atoms with E-state index in [-0.39, 0.29) is 5.91 Å². The first kappa shape index (κ1) is 18.1. The summed E-state index contributed by atoms with van der Waals surface area (Å²) < 4.78 is 11.8. The van der Waals surface area contributed by atoms with Gasteiger partial charge in [0.15, 0.2) is 6.10 Å². The Labute approximate surface area is 164 Å². The maximum Gasteiger partial charge on any atom is 0.265 e. The van der Waals surface area contributed by atoms with Gasteiger partial charge in [-0.25, -0.2) is 0 Å². The van der Waals surface area contributed by atoms with Crippen molar-refractivity contribution >= 4 is 33.5 Å². The molecule has 1 aromatic heterocycles. The first-order chi connectivity index (χ1) is 13.4. The lowest BCUT2D eigenvalue weighted by Crippen LogP contribution is -2.30. The Morgan fingerprint density at radius 3 is 2.54 bits per heavy atom. The van der Waals surface area contributed by atoms with Crippen molar-refractivity contribution in [2.45, 2.75) is 33.8 Å². The van der Waals surface area contributed by atoms with Crippen molar-refractivity contribution in [2.75, 3.05) is 5.32 Å². The zero-order chi connectivity index (χ0) is 19.8. The quantitative estimate of drug-likeness (QED) is 0.483. The number of benzene rings is 3. The Kier molecular flexibility index (Phi) is 4.55. The highest BCUT2D eigenvalue weighted by Gasteiger charge is 2.17. The summed E-state index contributed by atoms with van der Waals surface area (Å²) in [6, 6.07) is 17.7. The molecule has 0 aliphatic heterocycles. The topological polar surface area (TPSA) is 51.5 Å². The third kappa shape index (κ3) is 3.33. The van der Waals surface area contributed by atoms with Crippen molar-refractivity contribution in [1.82, 2.24) is 0 Å². The fourth-order valence-corrected chi connectivity index (χ4v) is 3.41. The molecule has 4 rings (SSSR count). The zero-order valence-corrected chi connectivity index (χ0v) is 16.5. The second kappa shape index (κ2) is 7.04. The zero-order valence-electron chi connectivity index (χ0n) is 16.5. The molecule has 1 amide bonds. The molecule has 0 radical (unpaired) electrons. The monoisotopic (exact) mass is 373 g/mol. The number of amides is 1. The fourth-order valence-electron chi connectivity index (χ4n) is 3.41. The SMILES string of the molecule is Cc1cc(C)c(C)c(O[C@H](C)C(=O)Nc2ccc3c(c2)oc2ccccc23)c1. The van der Waals surface area contributed by atoms with Crippen molar-refractivity contribution in [3.63, 3.8) is 0 Å². The van der Waals surface area contributed by atoms with E-state index in [0.717, 1.165) is 44.4 Å². The summed E-state index contributed by atoms with van der Waals surface area (Å²) in [5, 5.41) is 5.02. The summed E-state index contributed by atoms with van der Waals surface area (Å²) in [4.78, 5) is 12.6. The van der Waals surface area contributed by atoms with E-state index in [0.29, 0.717) is 5.69 Å². The average Bonchev–Trinajstić information content (AvgIpc) is 3.03. The molecule has 0 bridgehead atoms. The minimum Gasteiger partial charge on any atom is -0.481 e. The maximum absolute atomic E-state index is 12.6. The molecule has 142 valence electrons. The van der Waals surface area contributed by atoms with Crippen molar-refractivity contribution in [2.24, 2.45) is 0 Å². The molecule has 0 unspecified atom stereocenters. The number of para-hydroxylation sites is 1. The van der Waals surface area contributed by atoms with Gasteiger partial charge in [0.05, 0.1) is 0 Å².